The lowest BCUT2D eigenvalue weighted by molar-refractivity contribution is 0.253. The number of hydrogen-bond acceptors (Lipinski definition) is 7. The van der Waals surface area contributed by atoms with Gasteiger partial charge in [0, 0.05) is 17.2 Å². The van der Waals surface area contributed by atoms with Gasteiger partial charge in [-0.1, -0.05) is 23.4 Å². The van der Waals surface area contributed by atoms with Crippen LogP contribution in [0.3, 0.4) is 0 Å². The maximum atomic E-state index is 14.6. The molecular weight excluding hydrogens is 456 g/mol. The van der Waals surface area contributed by atoms with Gasteiger partial charge in [0.1, 0.15) is 12.4 Å². The van der Waals surface area contributed by atoms with Gasteiger partial charge in [0.05, 0.1) is 11.7 Å². The summed E-state index contributed by atoms with van der Waals surface area (Å²) in [4.78, 5) is 4.27. The van der Waals surface area contributed by atoms with Crippen molar-refractivity contribution in [1.29, 1.82) is 0 Å². The van der Waals surface area contributed by atoms with Crippen LogP contribution < -0.4 is 4.72 Å². The summed E-state index contributed by atoms with van der Waals surface area (Å²) in [6.45, 7) is -0.413. The number of nitrogens with one attached hydrogen (secondary N) is 1. The number of aromatic nitrogens is 2. The number of benzene rings is 2. The van der Waals surface area contributed by atoms with Crippen LogP contribution in [0.25, 0.3) is 11.1 Å². The molecule has 1 saturated carbocycles. The van der Waals surface area contributed by atoms with E-state index in [1.165, 1.54) is 24.3 Å². The minimum absolute atomic E-state index is 0.0202. The largest absolute Gasteiger partial charge is 0.504 e. The van der Waals surface area contributed by atoms with Gasteiger partial charge in [-0.25, -0.2) is 21.9 Å². The van der Waals surface area contributed by atoms with Crippen LogP contribution in [-0.4, -0.2) is 41.1 Å². The summed E-state index contributed by atoms with van der Waals surface area (Å²) in [5.41, 5.74) is -0.0577. The minimum Gasteiger partial charge on any atom is -0.504 e. The summed E-state index contributed by atoms with van der Waals surface area (Å²) in [7, 11) is -3.44. The molecule has 8 nitrogen and oxygen atoms in total. The molecule has 0 aliphatic heterocycles. The highest BCUT2D eigenvalue weighted by Gasteiger charge is 2.45. The zero-order valence-electron chi connectivity index (χ0n) is 17.8. The molecule has 0 unspecified atom stereocenters. The molecule has 176 valence electrons. The van der Waals surface area contributed by atoms with Gasteiger partial charge in [0.25, 0.3) is 0 Å². The number of aliphatic hydroxyl groups is 1. The predicted molar refractivity (Wildman–Crippen MR) is 115 cm³/mol. The van der Waals surface area contributed by atoms with E-state index in [1.54, 1.807) is 6.07 Å². The third kappa shape index (κ3) is 4.90. The van der Waals surface area contributed by atoms with Gasteiger partial charge in [-0.3, -0.25) is 0 Å². The molecule has 4 rings (SSSR count). The predicted octanol–water partition coefficient (Wildman–Crippen LogP) is 2.79. The van der Waals surface area contributed by atoms with E-state index in [4.69, 9.17) is 4.52 Å². The Labute approximate surface area is 189 Å². The third-order valence-electron chi connectivity index (χ3n) is 5.90. The first kappa shape index (κ1) is 23.3. The summed E-state index contributed by atoms with van der Waals surface area (Å²) in [6.07, 6.45) is 2.76. The molecule has 3 aromatic rings. The summed E-state index contributed by atoms with van der Waals surface area (Å²) < 4.78 is 60.0. The van der Waals surface area contributed by atoms with Crippen LogP contribution in [0.2, 0.25) is 0 Å². The molecule has 0 bridgehead atoms. The minimum atomic E-state index is -3.44. The Morgan fingerprint density at radius 2 is 2.00 bits per heavy atom. The van der Waals surface area contributed by atoms with Crippen LogP contribution in [0.1, 0.15) is 36.5 Å². The highest BCUT2D eigenvalue weighted by Crippen LogP contribution is 2.44. The molecule has 2 atom stereocenters. The van der Waals surface area contributed by atoms with Crippen molar-refractivity contribution in [2.24, 2.45) is 0 Å². The summed E-state index contributed by atoms with van der Waals surface area (Å²) >= 11 is 0. The fourth-order valence-electron chi connectivity index (χ4n) is 4.51. The fraction of sp³-hybridized carbons (Fsp3) is 0.364. The van der Waals surface area contributed by atoms with Gasteiger partial charge < -0.3 is 14.7 Å². The molecule has 11 heteroatoms. The zero-order valence-corrected chi connectivity index (χ0v) is 18.6. The Balaban J connectivity index is 1.72. The number of phenols is 1. The van der Waals surface area contributed by atoms with Gasteiger partial charge in [-0.05, 0) is 49.4 Å². The van der Waals surface area contributed by atoms with Crippen molar-refractivity contribution in [3.63, 3.8) is 0 Å². The second kappa shape index (κ2) is 8.81. The first-order valence-electron chi connectivity index (χ1n) is 10.3. The van der Waals surface area contributed by atoms with Crippen LogP contribution in [0.5, 0.6) is 5.75 Å². The van der Waals surface area contributed by atoms with E-state index < -0.39 is 39.4 Å². The normalized spacial score (nSPS) is 20.9. The van der Waals surface area contributed by atoms with E-state index in [1.807, 2.05) is 0 Å². The van der Waals surface area contributed by atoms with Gasteiger partial charge in [-0.15, -0.1) is 0 Å². The van der Waals surface area contributed by atoms with Gasteiger partial charge in [0.2, 0.25) is 15.9 Å². The molecule has 1 fully saturated rings. The van der Waals surface area contributed by atoms with Crippen molar-refractivity contribution >= 4 is 10.0 Å². The van der Waals surface area contributed by atoms with Crippen LogP contribution in [0.4, 0.5) is 8.78 Å². The number of aliphatic hydroxyl groups excluding tert-OH is 1. The molecule has 0 saturated heterocycles. The Kier molecular flexibility index (Phi) is 6.21. The van der Waals surface area contributed by atoms with Crippen molar-refractivity contribution in [2.75, 3.05) is 6.26 Å². The molecule has 1 aliphatic rings. The van der Waals surface area contributed by atoms with Crippen molar-refractivity contribution in [1.82, 2.24) is 14.9 Å². The molecule has 0 spiro atoms. The number of para-hydroxylation sites is 1. The fourth-order valence-corrected chi connectivity index (χ4v) is 5.31. The molecule has 3 N–H and O–H groups in total. The lowest BCUT2D eigenvalue weighted by atomic mass is 9.79. The van der Waals surface area contributed by atoms with Gasteiger partial charge in [-0.2, -0.15) is 4.98 Å². The summed E-state index contributed by atoms with van der Waals surface area (Å²) in [5, 5.41) is 23.2. The molecule has 0 radical (unpaired) electrons. The number of hydrogen-bond donors (Lipinski definition) is 3. The van der Waals surface area contributed by atoms with Crippen LogP contribution >= 0.6 is 0 Å². The molecule has 2 aromatic carbocycles. The average Bonchev–Trinajstić information content (AvgIpc) is 3.39. The first-order chi connectivity index (χ1) is 15.6. The van der Waals surface area contributed by atoms with Crippen molar-refractivity contribution in [3.8, 4) is 16.9 Å². The first-order valence-corrected chi connectivity index (χ1v) is 12.2. The van der Waals surface area contributed by atoms with Crippen molar-refractivity contribution in [2.45, 2.75) is 43.7 Å². The zero-order chi connectivity index (χ0) is 23.8. The lowest BCUT2D eigenvalue weighted by Gasteiger charge is -2.26. The standard InChI is InChI=1S/C22H23F2N3O5S/c1-33(30,31)27-14-7-8-22(11-14,21-25-19(12-28)26-32-21)10-13-5-6-17(23)16(9-13)15-3-2-4-18(24)20(15)29/h2-6,9,14,27-29H,7-8,10-12H2,1H3/t14-,22+/m0/s1. The SMILES string of the molecule is CS(=O)(=O)N[C@H]1CC[C@](Cc2ccc(F)c(-c3cccc(F)c3O)c2)(c2nc(CO)no2)C1. The second-order valence-electron chi connectivity index (χ2n) is 8.41. The van der Waals surface area contributed by atoms with E-state index >= 15 is 0 Å². The lowest BCUT2D eigenvalue weighted by Crippen LogP contribution is -2.35. The van der Waals surface area contributed by atoms with Crippen molar-refractivity contribution in [3.05, 3.63) is 65.3 Å². The smallest absolute Gasteiger partial charge is 0.233 e. The molecular formula is C22H23F2N3O5S. The van der Waals surface area contributed by atoms with E-state index in [2.05, 4.69) is 14.9 Å². The molecule has 1 heterocycles. The monoisotopic (exact) mass is 479 g/mol. The van der Waals surface area contributed by atoms with E-state index in [9.17, 15) is 27.4 Å². The van der Waals surface area contributed by atoms with Gasteiger partial charge >= 0.3 is 0 Å². The number of sulfonamides is 1. The molecule has 1 aliphatic carbocycles. The van der Waals surface area contributed by atoms with Gasteiger partial charge in [0.15, 0.2) is 17.4 Å². The number of nitrogens with zero attached hydrogens (tertiary/aromatic N) is 2. The van der Waals surface area contributed by atoms with Crippen molar-refractivity contribution < 1.29 is 31.9 Å². The quantitative estimate of drug-likeness (QED) is 0.476. The molecule has 0 amide bonds. The van der Waals surface area contributed by atoms with E-state index in [0.717, 1.165) is 12.3 Å². The Morgan fingerprint density at radius 1 is 1.21 bits per heavy atom. The topological polar surface area (TPSA) is 126 Å². The number of phenolic OH excluding ortho intramolecular Hbond substituents is 1. The maximum absolute atomic E-state index is 14.6. The van der Waals surface area contributed by atoms with E-state index in [0.29, 0.717) is 31.2 Å². The number of halogens is 2. The number of aromatic hydroxyl groups is 1. The average molecular weight is 480 g/mol. The highest BCUT2D eigenvalue weighted by atomic mass is 32.2. The third-order valence-corrected chi connectivity index (χ3v) is 6.66. The molecule has 1 aromatic heterocycles. The van der Waals surface area contributed by atoms with E-state index in [-0.39, 0.29) is 28.9 Å². The number of rotatable bonds is 7. The molecule has 33 heavy (non-hydrogen) atoms. The Morgan fingerprint density at radius 3 is 2.70 bits per heavy atom. The summed E-state index contributed by atoms with van der Waals surface area (Å²) in [6, 6.07) is 7.84. The summed E-state index contributed by atoms with van der Waals surface area (Å²) in [5.74, 6) is -1.78. The second-order valence-corrected chi connectivity index (χ2v) is 10.2. The van der Waals surface area contributed by atoms with Crippen LogP contribution in [-0.2, 0) is 28.5 Å². The van der Waals surface area contributed by atoms with Crippen LogP contribution in [0, 0.1) is 11.6 Å². The Hall–Kier alpha value is -2.89. The maximum Gasteiger partial charge on any atom is 0.233 e. The van der Waals surface area contributed by atoms with Crippen LogP contribution in [0.15, 0.2) is 40.9 Å². The Bertz CT molecular complexity index is 1280. The highest BCUT2D eigenvalue weighted by molar-refractivity contribution is 7.88.